The van der Waals surface area contributed by atoms with Gasteiger partial charge in [-0.1, -0.05) is 31.5 Å². The zero-order valence-electron chi connectivity index (χ0n) is 20.3. The number of carboxylic acid groups (broad SMARTS) is 1. The fourth-order valence-electron chi connectivity index (χ4n) is 3.54. The molecule has 8 nitrogen and oxygen atoms in total. The SMILES string of the molecule is C/C(=N\c1c(O)nc(Oc2cccc(Cl)c2)nc1CC(C)C)c1cc(C)c(OCC(=O)O)c(C)c1. The normalized spacial score (nSPS) is 11.6. The Hall–Kier alpha value is -3.65. The first-order valence-corrected chi connectivity index (χ1v) is 11.5. The zero-order chi connectivity index (χ0) is 25.7. The van der Waals surface area contributed by atoms with Crippen LogP contribution in [0.1, 0.15) is 43.2 Å². The molecule has 3 rings (SSSR count). The lowest BCUT2D eigenvalue weighted by molar-refractivity contribution is -0.139. The molecular weight excluding hydrogens is 470 g/mol. The van der Waals surface area contributed by atoms with Crippen molar-refractivity contribution in [2.45, 2.75) is 41.0 Å². The molecule has 0 spiro atoms. The summed E-state index contributed by atoms with van der Waals surface area (Å²) in [6.07, 6.45) is 0.550. The lowest BCUT2D eigenvalue weighted by Crippen LogP contribution is -2.11. The Balaban J connectivity index is 1.98. The van der Waals surface area contributed by atoms with Crippen LogP contribution in [0.25, 0.3) is 0 Å². The third-order valence-corrected chi connectivity index (χ3v) is 5.26. The molecule has 0 unspecified atom stereocenters. The van der Waals surface area contributed by atoms with Crippen molar-refractivity contribution >= 4 is 29.0 Å². The second-order valence-corrected chi connectivity index (χ2v) is 9.04. The molecule has 2 aromatic carbocycles. The highest BCUT2D eigenvalue weighted by Crippen LogP contribution is 2.34. The Labute approximate surface area is 209 Å². The number of rotatable bonds is 9. The van der Waals surface area contributed by atoms with Crippen LogP contribution in [-0.2, 0) is 11.2 Å². The number of aryl methyl sites for hydroxylation is 2. The van der Waals surface area contributed by atoms with Crippen LogP contribution >= 0.6 is 11.6 Å². The van der Waals surface area contributed by atoms with Gasteiger partial charge in [0.25, 0.3) is 0 Å². The first-order valence-electron chi connectivity index (χ1n) is 11.1. The summed E-state index contributed by atoms with van der Waals surface area (Å²) >= 11 is 6.02. The van der Waals surface area contributed by atoms with E-state index in [2.05, 4.69) is 15.0 Å². The van der Waals surface area contributed by atoms with E-state index in [0.29, 0.717) is 34.3 Å². The van der Waals surface area contributed by atoms with Crippen molar-refractivity contribution in [3.8, 4) is 23.4 Å². The molecule has 3 aromatic rings. The first kappa shape index (κ1) is 26.0. The number of aromatic hydroxyl groups is 1. The Bertz CT molecular complexity index is 1250. The molecule has 0 aliphatic heterocycles. The molecule has 0 amide bonds. The van der Waals surface area contributed by atoms with E-state index >= 15 is 0 Å². The van der Waals surface area contributed by atoms with E-state index < -0.39 is 12.6 Å². The molecule has 0 saturated heterocycles. The maximum absolute atomic E-state index is 10.9. The van der Waals surface area contributed by atoms with Gasteiger partial charge in [0.2, 0.25) is 5.88 Å². The van der Waals surface area contributed by atoms with Crippen molar-refractivity contribution in [2.75, 3.05) is 6.61 Å². The molecule has 0 aliphatic carbocycles. The van der Waals surface area contributed by atoms with Crippen molar-refractivity contribution < 1.29 is 24.5 Å². The van der Waals surface area contributed by atoms with Gasteiger partial charge in [-0.15, -0.1) is 0 Å². The predicted molar refractivity (Wildman–Crippen MR) is 135 cm³/mol. The highest BCUT2D eigenvalue weighted by atomic mass is 35.5. The first-order chi connectivity index (χ1) is 16.5. The quantitative estimate of drug-likeness (QED) is 0.346. The van der Waals surface area contributed by atoms with Gasteiger partial charge in [0.05, 0.1) is 5.69 Å². The number of aliphatic imine (C=N–C) groups is 1. The van der Waals surface area contributed by atoms with E-state index in [0.717, 1.165) is 16.7 Å². The fraction of sp³-hybridized carbons (Fsp3) is 0.308. The molecule has 1 heterocycles. The molecule has 184 valence electrons. The second kappa shape index (κ2) is 11.2. The van der Waals surface area contributed by atoms with E-state index in [1.54, 1.807) is 24.3 Å². The van der Waals surface area contributed by atoms with Crippen LogP contribution in [0, 0.1) is 19.8 Å². The summed E-state index contributed by atoms with van der Waals surface area (Å²) in [5, 5.41) is 20.2. The van der Waals surface area contributed by atoms with Gasteiger partial charge in [-0.25, -0.2) is 9.79 Å². The van der Waals surface area contributed by atoms with E-state index in [1.807, 2.05) is 46.8 Å². The van der Waals surface area contributed by atoms with Crippen LogP contribution in [0.3, 0.4) is 0 Å². The molecule has 9 heteroatoms. The molecule has 0 bridgehead atoms. The smallest absolute Gasteiger partial charge is 0.341 e. The Kier molecular flexibility index (Phi) is 8.30. The van der Waals surface area contributed by atoms with Crippen molar-refractivity contribution in [1.82, 2.24) is 9.97 Å². The molecule has 0 aliphatic rings. The van der Waals surface area contributed by atoms with Crippen molar-refractivity contribution in [3.05, 3.63) is 63.8 Å². The van der Waals surface area contributed by atoms with Gasteiger partial charge in [0.1, 0.15) is 17.2 Å². The maximum atomic E-state index is 10.9. The van der Waals surface area contributed by atoms with Crippen LogP contribution < -0.4 is 9.47 Å². The van der Waals surface area contributed by atoms with E-state index in [9.17, 15) is 9.90 Å². The highest BCUT2D eigenvalue weighted by Gasteiger charge is 2.18. The summed E-state index contributed by atoms with van der Waals surface area (Å²) in [7, 11) is 0. The van der Waals surface area contributed by atoms with Crippen LogP contribution in [0.2, 0.25) is 5.02 Å². The van der Waals surface area contributed by atoms with Crippen LogP contribution in [0.15, 0.2) is 41.4 Å². The second-order valence-electron chi connectivity index (χ2n) is 8.60. The molecule has 0 radical (unpaired) electrons. The van der Waals surface area contributed by atoms with Crippen molar-refractivity contribution in [1.29, 1.82) is 0 Å². The summed E-state index contributed by atoms with van der Waals surface area (Å²) in [5.41, 5.74) is 3.83. The lowest BCUT2D eigenvalue weighted by atomic mass is 10.0. The standard InChI is InChI=1S/C26H28ClN3O5/c1-14(2)9-21-23(25(33)30-26(29-21)35-20-8-6-7-19(27)12-20)28-17(5)18-10-15(3)24(16(4)11-18)34-13-22(31)32/h6-8,10-12,14H,9,13H2,1-5H3,(H,31,32)(H,29,30,33)/b28-17+. The van der Waals surface area contributed by atoms with Gasteiger partial charge in [0.15, 0.2) is 6.61 Å². The topological polar surface area (TPSA) is 114 Å². The minimum atomic E-state index is -1.04. The number of ether oxygens (including phenoxy) is 2. The van der Waals surface area contributed by atoms with Gasteiger partial charge in [-0.2, -0.15) is 9.97 Å². The van der Waals surface area contributed by atoms with Gasteiger partial charge in [-0.05, 0) is 80.1 Å². The maximum Gasteiger partial charge on any atom is 0.341 e. The summed E-state index contributed by atoms with van der Waals surface area (Å²) in [4.78, 5) is 24.1. The molecule has 0 fully saturated rings. The summed E-state index contributed by atoms with van der Waals surface area (Å²) in [6.45, 7) is 9.17. The van der Waals surface area contributed by atoms with Crippen molar-refractivity contribution in [3.63, 3.8) is 0 Å². The highest BCUT2D eigenvalue weighted by molar-refractivity contribution is 6.30. The number of nitrogens with zero attached hydrogens (tertiary/aromatic N) is 3. The minimum absolute atomic E-state index is 0.00337. The van der Waals surface area contributed by atoms with Crippen molar-refractivity contribution in [2.24, 2.45) is 10.9 Å². The monoisotopic (exact) mass is 497 g/mol. The fourth-order valence-corrected chi connectivity index (χ4v) is 3.72. The minimum Gasteiger partial charge on any atom is -0.492 e. The van der Waals surface area contributed by atoms with Gasteiger partial charge >= 0.3 is 12.0 Å². The summed E-state index contributed by atoms with van der Waals surface area (Å²) in [6, 6.07) is 10.6. The van der Waals surface area contributed by atoms with E-state index in [4.69, 9.17) is 26.2 Å². The molecule has 35 heavy (non-hydrogen) atoms. The third-order valence-electron chi connectivity index (χ3n) is 5.02. The molecule has 1 aromatic heterocycles. The number of hydrogen-bond acceptors (Lipinski definition) is 7. The molecular formula is C26H28ClN3O5. The average Bonchev–Trinajstić information content (AvgIpc) is 2.74. The third kappa shape index (κ3) is 6.93. The number of halogens is 1. The number of aromatic nitrogens is 2. The molecule has 0 saturated carbocycles. The summed E-state index contributed by atoms with van der Waals surface area (Å²) in [5.74, 6) is -0.106. The molecule has 0 atom stereocenters. The average molecular weight is 498 g/mol. The Morgan fingerprint density at radius 1 is 1.14 bits per heavy atom. The van der Waals surface area contributed by atoms with Crippen LogP contribution in [0.5, 0.6) is 23.4 Å². The number of carbonyl (C=O) groups is 1. The number of aliphatic carboxylic acids is 1. The predicted octanol–water partition coefficient (Wildman–Crippen LogP) is 6.05. The summed E-state index contributed by atoms with van der Waals surface area (Å²) < 4.78 is 11.1. The van der Waals surface area contributed by atoms with E-state index in [1.165, 1.54) is 0 Å². The lowest BCUT2D eigenvalue weighted by Gasteiger charge is -2.14. The Morgan fingerprint density at radius 3 is 2.43 bits per heavy atom. The zero-order valence-corrected chi connectivity index (χ0v) is 21.1. The number of hydrogen-bond donors (Lipinski definition) is 2. The Morgan fingerprint density at radius 2 is 1.83 bits per heavy atom. The van der Waals surface area contributed by atoms with Gasteiger partial charge in [-0.3, -0.25) is 0 Å². The molecule has 2 N–H and O–H groups in total. The van der Waals surface area contributed by atoms with Crippen LogP contribution in [0.4, 0.5) is 5.69 Å². The van der Waals surface area contributed by atoms with Gasteiger partial charge in [0, 0.05) is 10.7 Å². The van der Waals surface area contributed by atoms with E-state index in [-0.39, 0.29) is 23.5 Å². The number of benzene rings is 2. The van der Waals surface area contributed by atoms with Crippen LogP contribution in [-0.4, -0.2) is 38.5 Å². The number of carboxylic acids is 1. The largest absolute Gasteiger partial charge is 0.492 e. The van der Waals surface area contributed by atoms with Gasteiger partial charge < -0.3 is 19.7 Å².